The molecule has 0 heterocycles. The van der Waals surface area contributed by atoms with Crippen LogP contribution in [0.15, 0.2) is 0 Å². The summed E-state index contributed by atoms with van der Waals surface area (Å²) >= 11 is 0. The van der Waals surface area contributed by atoms with Crippen molar-refractivity contribution in [2.75, 3.05) is 0 Å². The fourth-order valence-electron chi connectivity index (χ4n) is 2.12. The summed E-state index contributed by atoms with van der Waals surface area (Å²) in [5.41, 5.74) is 0. The molecule has 0 saturated heterocycles. The highest BCUT2D eigenvalue weighted by Gasteiger charge is 2.16. The van der Waals surface area contributed by atoms with E-state index in [9.17, 15) is 9.90 Å². The largest absolute Gasteiger partial charge is 0.393 e. The van der Waals surface area contributed by atoms with Gasteiger partial charge >= 0.3 is 0 Å². The molecule has 2 nitrogen and oxygen atoms in total. The number of aliphatic hydroxyl groups excluding tert-OH is 1. The van der Waals surface area contributed by atoms with E-state index in [1.165, 1.54) is 19.3 Å². The van der Waals surface area contributed by atoms with Crippen LogP contribution in [0, 0.1) is 17.8 Å². The summed E-state index contributed by atoms with van der Waals surface area (Å²) in [4.78, 5) is 11.8. The molecule has 0 aliphatic rings. The fraction of sp³-hybridized carbons (Fsp3) is 0.938. The third kappa shape index (κ3) is 8.68. The van der Waals surface area contributed by atoms with Crippen LogP contribution < -0.4 is 0 Å². The van der Waals surface area contributed by atoms with Gasteiger partial charge in [-0.1, -0.05) is 53.4 Å². The minimum absolute atomic E-state index is 0.0878. The Kier molecular flexibility index (Phi) is 9.35. The molecule has 0 aliphatic heterocycles. The second-order valence-corrected chi connectivity index (χ2v) is 6.21. The first-order chi connectivity index (χ1) is 8.36. The highest BCUT2D eigenvalue weighted by molar-refractivity contribution is 5.78. The van der Waals surface area contributed by atoms with E-state index in [1.54, 1.807) is 6.92 Å². The number of hydrogen-bond acceptors (Lipinski definition) is 2. The Hall–Kier alpha value is -0.370. The molecule has 0 aromatic rings. The number of Topliss-reactive ketones (excluding diaryl/α,β-unsaturated/α-hetero) is 1. The molecule has 0 amide bonds. The molecule has 0 saturated carbocycles. The second-order valence-electron chi connectivity index (χ2n) is 6.21. The third-order valence-corrected chi connectivity index (χ3v) is 4.04. The van der Waals surface area contributed by atoms with Gasteiger partial charge in [0.05, 0.1) is 6.10 Å². The molecular formula is C16H32O2. The zero-order valence-electron chi connectivity index (χ0n) is 12.9. The summed E-state index contributed by atoms with van der Waals surface area (Å²) in [5.74, 6) is 1.69. The topological polar surface area (TPSA) is 37.3 Å². The van der Waals surface area contributed by atoms with E-state index in [1.807, 2.05) is 6.92 Å². The van der Waals surface area contributed by atoms with Crippen molar-refractivity contribution in [1.29, 1.82) is 0 Å². The molecule has 0 rings (SSSR count). The number of carbonyl (C=O) groups is 1. The molecule has 0 unspecified atom stereocenters. The lowest BCUT2D eigenvalue weighted by Gasteiger charge is -2.16. The molecule has 4 atom stereocenters. The van der Waals surface area contributed by atoms with Crippen LogP contribution in [0.5, 0.6) is 0 Å². The van der Waals surface area contributed by atoms with Crippen LogP contribution >= 0.6 is 0 Å². The average Bonchev–Trinajstić information content (AvgIpc) is 2.28. The van der Waals surface area contributed by atoms with Crippen molar-refractivity contribution in [2.45, 2.75) is 79.2 Å². The lowest BCUT2D eigenvalue weighted by Crippen LogP contribution is -2.18. The molecule has 18 heavy (non-hydrogen) atoms. The monoisotopic (exact) mass is 256 g/mol. The van der Waals surface area contributed by atoms with Crippen molar-refractivity contribution in [2.24, 2.45) is 17.8 Å². The predicted octanol–water partition coefficient (Wildman–Crippen LogP) is 4.21. The number of carbonyl (C=O) groups excluding carboxylic acids is 1. The minimum atomic E-state index is -0.380. The van der Waals surface area contributed by atoms with Gasteiger partial charge in [0.1, 0.15) is 5.78 Å². The van der Waals surface area contributed by atoms with Crippen LogP contribution in [0.25, 0.3) is 0 Å². The van der Waals surface area contributed by atoms with Crippen molar-refractivity contribution in [3.8, 4) is 0 Å². The zero-order chi connectivity index (χ0) is 14.1. The predicted molar refractivity (Wildman–Crippen MR) is 77.6 cm³/mol. The Morgan fingerprint density at radius 1 is 1.00 bits per heavy atom. The summed E-state index contributed by atoms with van der Waals surface area (Å²) in [6.45, 7) is 10.4. The lowest BCUT2D eigenvalue weighted by atomic mass is 9.91. The summed E-state index contributed by atoms with van der Waals surface area (Å²) < 4.78 is 0. The van der Waals surface area contributed by atoms with Gasteiger partial charge < -0.3 is 5.11 Å². The second kappa shape index (κ2) is 9.55. The summed E-state index contributed by atoms with van der Waals surface area (Å²) in [6.07, 6.45) is 5.73. The van der Waals surface area contributed by atoms with Gasteiger partial charge in [-0.3, -0.25) is 4.79 Å². The number of aliphatic hydroxyl groups is 1. The van der Waals surface area contributed by atoms with Crippen LogP contribution in [0.3, 0.4) is 0 Å². The van der Waals surface area contributed by atoms with E-state index in [2.05, 4.69) is 20.8 Å². The maximum absolute atomic E-state index is 11.8. The molecule has 0 bridgehead atoms. The van der Waals surface area contributed by atoms with Crippen molar-refractivity contribution < 1.29 is 9.90 Å². The van der Waals surface area contributed by atoms with Crippen LogP contribution in [0.4, 0.5) is 0 Å². The quantitative estimate of drug-likeness (QED) is 0.636. The molecule has 0 fully saturated rings. The van der Waals surface area contributed by atoms with E-state index in [-0.39, 0.29) is 12.0 Å². The van der Waals surface area contributed by atoms with Gasteiger partial charge in [0.25, 0.3) is 0 Å². The van der Waals surface area contributed by atoms with Gasteiger partial charge in [0.15, 0.2) is 0 Å². The van der Waals surface area contributed by atoms with E-state index in [0.717, 1.165) is 12.3 Å². The summed E-state index contributed by atoms with van der Waals surface area (Å²) in [5, 5.41) is 9.38. The first-order valence-electron chi connectivity index (χ1n) is 7.56. The summed E-state index contributed by atoms with van der Waals surface area (Å²) in [6, 6.07) is 0. The molecule has 2 heteroatoms. The third-order valence-electron chi connectivity index (χ3n) is 4.04. The maximum Gasteiger partial charge on any atom is 0.133 e. The first kappa shape index (κ1) is 17.6. The first-order valence-corrected chi connectivity index (χ1v) is 7.56. The zero-order valence-corrected chi connectivity index (χ0v) is 12.9. The number of hydrogen-bond donors (Lipinski definition) is 1. The Balaban J connectivity index is 3.74. The Morgan fingerprint density at radius 3 is 2.06 bits per heavy atom. The van der Waals surface area contributed by atoms with Crippen molar-refractivity contribution >= 4 is 5.78 Å². The SMILES string of the molecule is CC[C@@H](C)CCC[C@H](C)CC(=O)C[C@H](C)[C@H](C)O. The normalized spacial score (nSPS) is 18.1. The highest BCUT2D eigenvalue weighted by Crippen LogP contribution is 2.19. The van der Waals surface area contributed by atoms with E-state index >= 15 is 0 Å². The van der Waals surface area contributed by atoms with Crippen LogP contribution in [-0.4, -0.2) is 17.0 Å². The Labute approximate surface area is 113 Å². The highest BCUT2D eigenvalue weighted by atomic mass is 16.3. The molecular weight excluding hydrogens is 224 g/mol. The molecule has 1 N–H and O–H groups in total. The van der Waals surface area contributed by atoms with Gasteiger partial charge in [0.2, 0.25) is 0 Å². The van der Waals surface area contributed by atoms with Gasteiger partial charge in [-0.2, -0.15) is 0 Å². The molecule has 0 aromatic carbocycles. The molecule has 0 spiro atoms. The smallest absolute Gasteiger partial charge is 0.133 e. The standard InChI is InChI=1S/C16H32O2/c1-6-12(2)8-7-9-13(3)10-16(18)11-14(4)15(5)17/h12-15,17H,6-11H2,1-5H3/t12-,13+,14+,15+/m1/s1. The van der Waals surface area contributed by atoms with E-state index in [4.69, 9.17) is 0 Å². The molecule has 108 valence electrons. The van der Waals surface area contributed by atoms with Crippen LogP contribution in [0.2, 0.25) is 0 Å². The maximum atomic E-state index is 11.8. The van der Waals surface area contributed by atoms with Gasteiger partial charge in [-0.05, 0) is 24.7 Å². The van der Waals surface area contributed by atoms with Gasteiger partial charge in [-0.25, -0.2) is 0 Å². The molecule has 0 aliphatic carbocycles. The van der Waals surface area contributed by atoms with Gasteiger partial charge in [-0.15, -0.1) is 0 Å². The lowest BCUT2D eigenvalue weighted by molar-refractivity contribution is -0.121. The fourth-order valence-corrected chi connectivity index (χ4v) is 2.12. The van der Waals surface area contributed by atoms with E-state index < -0.39 is 0 Å². The van der Waals surface area contributed by atoms with Crippen molar-refractivity contribution in [3.05, 3.63) is 0 Å². The minimum Gasteiger partial charge on any atom is -0.393 e. The van der Waals surface area contributed by atoms with Crippen molar-refractivity contribution in [1.82, 2.24) is 0 Å². The summed E-state index contributed by atoms with van der Waals surface area (Å²) in [7, 11) is 0. The van der Waals surface area contributed by atoms with E-state index in [0.29, 0.717) is 24.5 Å². The van der Waals surface area contributed by atoms with Gasteiger partial charge in [0, 0.05) is 12.8 Å². The molecule has 0 radical (unpaired) electrons. The molecule has 0 aromatic heterocycles. The Morgan fingerprint density at radius 2 is 1.56 bits per heavy atom. The van der Waals surface area contributed by atoms with Crippen LogP contribution in [-0.2, 0) is 4.79 Å². The number of ketones is 1. The van der Waals surface area contributed by atoms with Crippen LogP contribution in [0.1, 0.15) is 73.1 Å². The number of rotatable bonds is 10. The average molecular weight is 256 g/mol. The Bertz CT molecular complexity index is 223. The van der Waals surface area contributed by atoms with Crippen molar-refractivity contribution in [3.63, 3.8) is 0 Å².